The number of halogens is 7. The molecule has 0 aliphatic rings. The minimum absolute atomic E-state index is 0.0887. The van der Waals surface area contributed by atoms with E-state index in [9.17, 15) is 35.8 Å². The van der Waals surface area contributed by atoms with E-state index in [1.54, 1.807) is 6.07 Å². The maximum atomic E-state index is 14.4. The van der Waals surface area contributed by atoms with Gasteiger partial charge in [-0.3, -0.25) is 0 Å². The van der Waals surface area contributed by atoms with Gasteiger partial charge >= 0.3 is 18.0 Å². The molecule has 1 N–H and O–H groups in total. The molecule has 0 aromatic heterocycles. The number of hydrogen-bond acceptors (Lipinski definition) is 1. The molecule has 138 valence electrons. The van der Waals surface area contributed by atoms with Gasteiger partial charge in [-0.05, 0) is 27.6 Å². The van der Waals surface area contributed by atoms with Crippen molar-refractivity contribution in [3.8, 4) is 0 Å². The van der Waals surface area contributed by atoms with Gasteiger partial charge in [-0.2, -0.15) is 26.3 Å². The van der Waals surface area contributed by atoms with Gasteiger partial charge in [-0.25, -0.2) is 4.39 Å². The number of aliphatic hydroxyl groups excluding tert-OH is 1. The summed E-state index contributed by atoms with van der Waals surface area (Å²) in [6, 6.07) is 12.8. The maximum Gasteiger partial charge on any atom is 0.434 e. The average molecular weight is 376 g/mol. The summed E-state index contributed by atoms with van der Waals surface area (Å²) < 4.78 is 92.9. The van der Waals surface area contributed by atoms with Crippen LogP contribution in [0.1, 0.15) is 11.7 Å². The molecule has 0 amide bonds. The Morgan fingerprint density at radius 3 is 1.42 bits per heavy atom. The van der Waals surface area contributed by atoms with Gasteiger partial charge in [0.25, 0.3) is 0 Å². The average Bonchev–Trinajstić information content (AvgIpc) is 2.56. The van der Waals surface area contributed by atoms with Crippen molar-refractivity contribution >= 4 is 21.5 Å². The molecule has 1 nitrogen and oxygen atoms in total. The number of rotatable bonds is 2. The minimum Gasteiger partial charge on any atom is -0.384 e. The summed E-state index contributed by atoms with van der Waals surface area (Å²) in [6.07, 6.45) is -16.2. The van der Waals surface area contributed by atoms with Crippen LogP contribution in [0.5, 0.6) is 0 Å². The van der Waals surface area contributed by atoms with Gasteiger partial charge in [-0.15, -0.1) is 0 Å². The maximum absolute atomic E-state index is 14.4. The Bertz CT molecular complexity index is 891. The normalized spacial score (nSPS) is 14.8. The van der Waals surface area contributed by atoms with Gasteiger partial charge in [0, 0.05) is 5.56 Å². The van der Waals surface area contributed by atoms with E-state index in [0.717, 1.165) is 0 Å². The third-order valence-electron chi connectivity index (χ3n) is 4.29. The summed E-state index contributed by atoms with van der Waals surface area (Å²) in [4.78, 5) is 0. The van der Waals surface area contributed by atoms with Crippen molar-refractivity contribution in [2.45, 2.75) is 24.1 Å². The molecule has 0 saturated carbocycles. The highest BCUT2D eigenvalue weighted by atomic mass is 19.4. The number of hydrogen-bond donors (Lipinski definition) is 1. The van der Waals surface area contributed by atoms with Crippen molar-refractivity contribution in [1.29, 1.82) is 0 Å². The van der Waals surface area contributed by atoms with E-state index in [0.29, 0.717) is 0 Å². The van der Waals surface area contributed by atoms with Crippen LogP contribution in [0.4, 0.5) is 30.7 Å². The van der Waals surface area contributed by atoms with Crippen LogP contribution in [0.25, 0.3) is 21.5 Å². The summed E-state index contributed by atoms with van der Waals surface area (Å²) >= 11 is 0. The Kier molecular flexibility index (Phi) is 4.14. The van der Waals surface area contributed by atoms with E-state index >= 15 is 0 Å². The second-order valence-corrected chi connectivity index (χ2v) is 5.84. The van der Waals surface area contributed by atoms with E-state index in [2.05, 4.69) is 0 Å². The highest BCUT2D eigenvalue weighted by Crippen LogP contribution is 2.54. The molecule has 0 bridgehead atoms. The SMILES string of the molecule is OC(c1c2ccccc2cc2ccccc12)C(F)(C(F)(F)F)C(F)(F)F. The van der Waals surface area contributed by atoms with Gasteiger partial charge in [0.2, 0.25) is 0 Å². The first-order valence-electron chi connectivity index (χ1n) is 7.39. The fourth-order valence-corrected chi connectivity index (χ4v) is 3.01. The van der Waals surface area contributed by atoms with E-state index < -0.39 is 29.7 Å². The lowest BCUT2D eigenvalue weighted by Crippen LogP contribution is -2.57. The minimum atomic E-state index is -6.36. The smallest absolute Gasteiger partial charge is 0.384 e. The molecule has 0 aliphatic carbocycles. The third-order valence-corrected chi connectivity index (χ3v) is 4.29. The molecular formula is C18H11F7O. The number of fused-ring (bicyclic) bond motifs is 2. The van der Waals surface area contributed by atoms with Gasteiger partial charge in [0.1, 0.15) is 6.10 Å². The van der Waals surface area contributed by atoms with Crippen molar-refractivity contribution in [3.63, 3.8) is 0 Å². The number of aliphatic hydroxyl groups is 1. The molecule has 0 fully saturated rings. The Morgan fingerprint density at radius 1 is 0.654 bits per heavy atom. The third kappa shape index (κ3) is 2.59. The van der Waals surface area contributed by atoms with E-state index in [4.69, 9.17) is 0 Å². The Balaban J connectivity index is 2.42. The first-order valence-corrected chi connectivity index (χ1v) is 7.39. The van der Waals surface area contributed by atoms with Crippen LogP contribution < -0.4 is 0 Å². The first kappa shape index (κ1) is 18.4. The van der Waals surface area contributed by atoms with Crippen LogP contribution in [-0.4, -0.2) is 23.1 Å². The van der Waals surface area contributed by atoms with Crippen molar-refractivity contribution in [3.05, 3.63) is 60.2 Å². The summed E-state index contributed by atoms with van der Waals surface area (Å²) in [7, 11) is 0. The zero-order valence-electron chi connectivity index (χ0n) is 12.9. The quantitative estimate of drug-likeness (QED) is 0.439. The molecule has 3 rings (SSSR count). The lowest BCUT2D eigenvalue weighted by atomic mass is 9.85. The fourth-order valence-electron chi connectivity index (χ4n) is 3.01. The number of alkyl halides is 7. The molecule has 26 heavy (non-hydrogen) atoms. The van der Waals surface area contributed by atoms with Crippen LogP contribution >= 0.6 is 0 Å². The molecule has 3 aromatic rings. The summed E-state index contributed by atoms with van der Waals surface area (Å²) in [5.41, 5.74) is -6.57. The van der Waals surface area contributed by atoms with E-state index in [1.165, 1.54) is 48.5 Å². The largest absolute Gasteiger partial charge is 0.434 e. The van der Waals surface area contributed by atoms with Crippen molar-refractivity contribution in [1.82, 2.24) is 0 Å². The zero-order valence-corrected chi connectivity index (χ0v) is 12.9. The van der Waals surface area contributed by atoms with Crippen molar-refractivity contribution in [2.24, 2.45) is 0 Å². The van der Waals surface area contributed by atoms with Gasteiger partial charge < -0.3 is 5.11 Å². The van der Waals surface area contributed by atoms with E-state index in [1.807, 2.05) is 0 Å². The standard InChI is InChI=1S/C18H11F7O/c19-16(17(20,21)22,18(23,24)25)15(26)14-12-7-3-1-5-10(12)9-11-6-2-4-8-13(11)14/h1-9,15,26H. The molecule has 0 aliphatic heterocycles. The summed E-state index contributed by atoms with van der Waals surface area (Å²) in [6.45, 7) is 0. The van der Waals surface area contributed by atoms with Gasteiger partial charge in [0.15, 0.2) is 0 Å². The molecule has 0 spiro atoms. The zero-order chi connectivity index (χ0) is 19.3. The summed E-state index contributed by atoms with van der Waals surface area (Å²) in [5, 5.41) is 10.5. The predicted molar refractivity (Wildman–Crippen MR) is 82.4 cm³/mol. The lowest BCUT2D eigenvalue weighted by Gasteiger charge is -2.34. The Labute approximate surface area is 142 Å². The van der Waals surface area contributed by atoms with E-state index in [-0.39, 0.29) is 21.5 Å². The lowest BCUT2D eigenvalue weighted by molar-refractivity contribution is -0.366. The van der Waals surface area contributed by atoms with Crippen molar-refractivity contribution in [2.75, 3.05) is 0 Å². The Morgan fingerprint density at radius 2 is 1.04 bits per heavy atom. The predicted octanol–water partition coefficient (Wildman–Crippen LogP) is 5.86. The molecule has 0 heterocycles. The highest BCUT2D eigenvalue weighted by molar-refractivity contribution is 6.02. The summed E-state index contributed by atoms with van der Waals surface area (Å²) in [5.74, 6) is 0. The molecule has 0 saturated heterocycles. The molecule has 0 radical (unpaired) electrons. The van der Waals surface area contributed by atoms with Crippen LogP contribution in [0.3, 0.4) is 0 Å². The van der Waals surface area contributed by atoms with Crippen LogP contribution in [0.15, 0.2) is 54.6 Å². The second kappa shape index (κ2) is 5.84. The van der Waals surface area contributed by atoms with Gasteiger partial charge in [0.05, 0.1) is 0 Å². The molecular weight excluding hydrogens is 365 g/mol. The molecule has 8 heteroatoms. The number of benzene rings is 3. The highest BCUT2D eigenvalue weighted by Gasteiger charge is 2.76. The van der Waals surface area contributed by atoms with Crippen molar-refractivity contribution < 1.29 is 35.8 Å². The monoisotopic (exact) mass is 376 g/mol. The first-order chi connectivity index (χ1) is 12.0. The fraction of sp³-hybridized carbons (Fsp3) is 0.222. The van der Waals surface area contributed by atoms with Crippen LogP contribution in [0, 0.1) is 0 Å². The molecule has 1 atom stereocenters. The van der Waals surface area contributed by atoms with Crippen LogP contribution in [-0.2, 0) is 0 Å². The topological polar surface area (TPSA) is 20.2 Å². The molecule has 1 unspecified atom stereocenters. The second-order valence-electron chi connectivity index (χ2n) is 5.84. The molecule has 3 aromatic carbocycles. The van der Waals surface area contributed by atoms with Crippen LogP contribution in [0.2, 0.25) is 0 Å². The van der Waals surface area contributed by atoms with Gasteiger partial charge in [-0.1, -0.05) is 48.5 Å². The Hall–Kier alpha value is -2.35.